The van der Waals surface area contributed by atoms with Gasteiger partial charge in [0.25, 0.3) is 0 Å². The van der Waals surface area contributed by atoms with Gasteiger partial charge in [-0.2, -0.15) is 4.31 Å². The molecule has 0 radical (unpaired) electrons. The minimum absolute atomic E-state index is 0.271. The minimum atomic E-state index is -3.32. The molecule has 1 fully saturated rings. The highest BCUT2D eigenvalue weighted by Gasteiger charge is 2.33. The number of nitrogens with zero attached hydrogens (tertiary/aromatic N) is 1. The molecule has 0 spiro atoms. The average Bonchev–Trinajstić information content (AvgIpc) is 2.85. The van der Waals surface area contributed by atoms with Gasteiger partial charge in [-0.25, -0.2) is 8.42 Å². The summed E-state index contributed by atoms with van der Waals surface area (Å²) in [4.78, 5) is 1.27. The molecule has 0 saturated carbocycles. The molecule has 2 rings (SSSR count). The van der Waals surface area contributed by atoms with Crippen LogP contribution in [0.5, 0.6) is 0 Å². The van der Waals surface area contributed by atoms with Crippen LogP contribution >= 0.6 is 27.3 Å². The largest absolute Gasteiger partial charge is 0.316 e. The number of nitrogens with one attached hydrogen (secondary N) is 1. The Balaban J connectivity index is 2.28. The lowest BCUT2D eigenvalue weighted by atomic mass is 10.3. The molecule has 2 heterocycles. The molecule has 0 bridgehead atoms. The number of rotatable bonds is 3. The fourth-order valence-electron chi connectivity index (χ4n) is 2.01. The molecule has 17 heavy (non-hydrogen) atoms. The molecule has 0 aromatic carbocycles. The number of aryl methyl sites for hydroxylation is 1. The van der Waals surface area contributed by atoms with E-state index in [1.807, 2.05) is 14.0 Å². The zero-order chi connectivity index (χ0) is 12.6. The summed E-state index contributed by atoms with van der Waals surface area (Å²) in [5, 5.41) is 3.12. The molecule has 7 heteroatoms. The van der Waals surface area contributed by atoms with Crippen LogP contribution in [0.1, 0.15) is 11.3 Å². The summed E-state index contributed by atoms with van der Waals surface area (Å²) in [6.07, 6.45) is 0.875. The monoisotopic (exact) mass is 338 g/mol. The van der Waals surface area contributed by atoms with E-state index < -0.39 is 10.0 Å². The van der Waals surface area contributed by atoms with Crippen molar-refractivity contribution in [3.63, 3.8) is 0 Å². The smallest absolute Gasteiger partial charge is 0.244 e. The summed E-state index contributed by atoms with van der Waals surface area (Å²) >= 11 is 4.79. The summed E-state index contributed by atoms with van der Waals surface area (Å²) < 4.78 is 27.3. The average molecular weight is 339 g/mol. The normalized spacial score (nSPS) is 22.2. The first-order valence-corrected chi connectivity index (χ1v) is 8.43. The van der Waals surface area contributed by atoms with Gasteiger partial charge in [-0.3, -0.25) is 0 Å². The van der Waals surface area contributed by atoms with E-state index in [0.29, 0.717) is 18.0 Å². The second-order valence-corrected chi connectivity index (χ2v) is 8.65. The first-order chi connectivity index (χ1) is 7.95. The first-order valence-electron chi connectivity index (χ1n) is 5.38. The van der Waals surface area contributed by atoms with Crippen molar-refractivity contribution in [1.29, 1.82) is 0 Å². The lowest BCUT2D eigenvalue weighted by Gasteiger charge is -2.16. The van der Waals surface area contributed by atoms with Crippen LogP contribution in [0.3, 0.4) is 0 Å². The third-order valence-corrected chi connectivity index (χ3v) is 6.69. The van der Waals surface area contributed by atoms with Crippen LogP contribution in [0, 0.1) is 6.92 Å². The van der Waals surface area contributed by atoms with Crippen LogP contribution in [0.2, 0.25) is 0 Å². The van der Waals surface area contributed by atoms with Crippen molar-refractivity contribution in [2.75, 3.05) is 20.1 Å². The van der Waals surface area contributed by atoms with Crippen LogP contribution in [0.4, 0.5) is 0 Å². The van der Waals surface area contributed by atoms with Crippen LogP contribution in [0.15, 0.2) is 14.7 Å². The lowest BCUT2D eigenvalue weighted by Crippen LogP contribution is -2.33. The molecule has 4 nitrogen and oxygen atoms in total. The Morgan fingerprint density at radius 1 is 1.59 bits per heavy atom. The van der Waals surface area contributed by atoms with E-state index in [4.69, 9.17) is 0 Å². The SMILES string of the molecule is CNC1CCN(S(=O)(=O)c2cc(Br)sc2C)C1. The van der Waals surface area contributed by atoms with Gasteiger partial charge in [-0.15, -0.1) is 11.3 Å². The third kappa shape index (κ3) is 2.58. The number of hydrogen-bond acceptors (Lipinski definition) is 4. The van der Waals surface area contributed by atoms with Gasteiger partial charge in [0, 0.05) is 24.0 Å². The minimum Gasteiger partial charge on any atom is -0.316 e. The molecule has 1 saturated heterocycles. The maximum absolute atomic E-state index is 12.4. The summed E-state index contributed by atoms with van der Waals surface area (Å²) in [7, 11) is -1.45. The number of halogens is 1. The van der Waals surface area contributed by atoms with E-state index in [2.05, 4.69) is 21.2 Å². The summed E-state index contributed by atoms with van der Waals surface area (Å²) in [6.45, 7) is 3.00. The highest BCUT2D eigenvalue weighted by Crippen LogP contribution is 2.32. The van der Waals surface area contributed by atoms with Crippen LogP contribution in [0.25, 0.3) is 0 Å². The molecule has 0 aliphatic carbocycles. The van der Waals surface area contributed by atoms with E-state index in [0.717, 1.165) is 15.1 Å². The van der Waals surface area contributed by atoms with Crippen LogP contribution in [-0.4, -0.2) is 38.9 Å². The van der Waals surface area contributed by atoms with Gasteiger partial charge in [0.05, 0.1) is 8.68 Å². The quantitative estimate of drug-likeness (QED) is 0.914. The second kappa shape index (κ2) is 4.97. The van der Waals surface area contributed by atoms with E-state index in [1.54, 1.807) is 10.4 Å². The molecular formula is C10H15BrN2O2S2. The van der Waals surface area contributed by atoms with Crippen molar-refractivity contribution in [2.45, 2.75) is 24.3 Å². The Hall–Kier alpha value is 0.0500. The summed E-state index contributed by atoms with van der Waals surface area (Å²) in [6, 6.07) is 1.97. The van der Waals surface area contributed by atoms with E-state index in [1.165, 1.54) is 11.3 Å². The number of hydrogen-bond donors (Lipinski definition) is 1. The fourth-order valence-corrected chi connectivity index (χ4v) is 5.89. The fraction of sp³-hybridized carbons (Fsp3) is 0.600. The standard InChI is InChI=1S/C10H15BrN2O2S2/c1-7-9(5-10(11)16-7)17(14,15)13-4-3-8(6-13)12-2/h5,8,12H,3-4,6H2,1-2H3. The molecule has 1 aromatic rings. The Morgan fingerprint density at radius 2 is 2.29 bits per heavy atom. The van der Waals surface area contributed by atoms with Gasteiger partial charge in [0.2, 0.25) is 10.0 Å². The molecule has 96 valence electrons. The number of thiophene rings is 1. The predicted octanol–water partition coefficient (Wildman–Crippen LogP) is 1.80. The highest BCUT2D eigenvalue weighted by molar-refractivity contribution is 9.11. The molecule has 0 amide bonds. The van der Waals surface area contributed by atoms with E-state index in [9.17, 15) is 8.42 Å². The van der Waals surface area contributed by atoms with Gasteiger partial charge in [-0.05, 0) is 42.4 Å². The molecular weight excluding hydrogens is 324 g/mol. The Labute approximate surface area is 114 Å². The molecule has 1 N–H and O–H groups in total. The molecule has 1 aliphatic rings. The van der Waals surface area contributed by atoms with Crippen molar-refractivity contribution in [2.24, 2.45) is 0 Å². The highest BCUT2D eigenvalue weighted by atomic mass is 79.9. The maximum Gasteiger partial charge on any atom is 0.244 e. The summed E-state index contributed by atoms with van der Waals surface area (Å²) in [5.74, 6) is 0. The predicted molar refractivity (Wildman–Crippen MR) is 73.0 cm³/mol. The van der Waals surface area contributed by atoms with E-state index in [-0.39, 0.29) is 6.04 Å². The van der Waals surface area contributed by atoms with Crippen molar-refractivity contribution in [1.82, 2.24) is 9.62 Å². The number of sulfonamides is 1. The van der Waals surface area contributed by atoms with Crippen molar-refractivity contribution in [3.8, 4) is 0 Å². The third-order valence-electron chi connectivity index (χ3n) is 3.02. The molecule has 1 aromatic heterocycles. The van der Waals surface area contributed by atoms with Crippen molar-refractivity contribution >= 4 is 37.3 Å². The lowest BCUT2D eigenvalue weighted by molar-refractivity contribution is 0.464. The molecule has 1 aliphatic heterocycles. The topological polar surface area (TPSA) is 49.4 Å². The Morgan fingerprint density at radius 3 is 2.76 bits per heavy atom. The molecule has 1 atom stereocenters. The van der Waals surface area contributed by atoms with Gasteiger partial charge in [0.1, 0.15) is 0 Å². The molecule has 1 unspecified atom stereocenters. The van der Waals surface area contributed by atoms with Crippen molar-refractivity contribution in [3.05, 3.63) is 14.7 Å². The zero-order valence-electron chi connectivity index (χ0n) is 9.73. The summed E-state index contributed by atoms with van der Waals surface area (Å²) in [5.41, 5.74) is 0. The van der Waals surface area contributed by atoms with Crippen LogP contribution in [-0.2, 0) is 10.0 Å². The van der Waals surface area contributed by atoms with Crippen LogP contribution < -0.4 is 5.32 Å². The van der Waals surface area contributed by atoms with Gasteiger partial charge in [-0.1, -0.05) is 0 Å². The maximum atomic E-state index is 12.4. The van der Waals surface area contributed by atoms with Gasteiger partial charge >= 0.3 is 0 Å². The Bertz CT molecular complexity index is 512. The first kappa shape index (κ1) is 13.5. The van der Waals surface area contributed by atoms with Gasteiger partial charge < -0.3 is 5.32 Å². The number of likely N-dealkylation sites (N-methyl/N-ethyl adjacent to an activating group) is 1. The second-order valence-electron chi connectivity index (χ2n) is 4.11. The van der Waals surface area contributed by atoms with E-state index >= 15 is 0 Å². The Kier molecular flexibility index (Phi) is 3.94. The van der Waals surface area contributed by atoms with Crippen molar-refractivity contribution < 1.29 is 8.42 Å². The van der Waals surface area contributed by atoms with Gasteiger partial charge in [0.15, 0.2) is 0 Å². The zero-order valence-corrected chi connectivity index (χ0v) is 13.0.